The molecule has 7 nitrogen and oxygen atoms in total. The van der Waals surface area contributed by atoms with Crippen LogP contribution in [0.3, 0.4) is 0 Å². The van der Waals surface area contributed by atoms with Crippen molar-refractivity contribution in [3.8, 4) is 0 Å². The highest BCUT2D eigenvalue weighted by Crippen LogP contribution is 2.23. The van der Waals surface area contributed by atoms with Crippen LogP contribution in [0.15, 0.2) is 29.1 Å². The predicted molar refractivity (Wildman–Crippen MR) is 61.0 cm³/mol. The van der Waals surface area contributed by atoms with Crippen molar-refractivity contribution in [1.82, 2.24) is 10.1 Å². The predicted octanol–water partition coefficient (Wildman–Crippen LogP) is 0.363. The normalized spacial score (nSPS) is 10.1. The first-order valence-corrected chi connectivity index (χ1v) is 4.86. The number of carbonyl (C=O) groups excluding carboxylic acids is 1. The molecule has 1 aromatic carbocycles. The number of benzene rings is 1. The number of hydrogen-bond donors (Lipinski definition) is 3. The summed E-state index contributed by atoms with van der Waals surface area (Å²) in [5.41, 5.74) is 12.3. The van der Waals surface area contributed by atoms with E-state index in [0.717, 1.165) is 0 Å². The summed E-state index contributed by atoms with van der Waals surface area (Å²) in [6.45, 7) is 0.297. The fraction of sp³-hybridized carbons (Fsp3) is 0.100. The Hall–Kier alpha value is -2.57. The van der Waals surface area contributed by atoms with Gasteiger partial charge in [-0.2, -0.15) is 4.98 Å². The summed E-state index contributed by atoms with van der Waals surface area (Å²) in [5.74, 6) is -0.0865. The van der Waals surface area contributed by atoms with Crippen LogP contribution in [0.4, 0.5) is 11.4 Å². The van der Waals surface area contributed by atoms with Crippen molar-refractivity contribution < 1.29 is 9.32 Å². The average Bonchev–Trinajstić information content (AvgIpc) is 2.80. The number of carbonyl (C=O) groups is 1. The molecule has 7 heteroatoms. The summed E-state index contributed by atoms with van der Waals surface area (Å²) in [5, 5.41) is 6.58. The molecule has 0 unspecified atom stereocenters. The Morgan fingerprint density at radius 2 is 2.29 bits per heavy atom. The van der Waals surface area contributed by atoms with E-state index in [9.17, 15) is 4.79 Å². The Balaban J connectivity index is 2.22. The zero-order valence-corrected chi connectivity index (χ0v) is 8.88. The first-order chi connectivity index (χ1) is 8.18. The SMILES string of the molecule is NC(=O)c1cccc(N)c1NCc1ncon1. The number of rotatable bonds is 4. The maximum Gasteiger partial charge on any atom is 0.250 e. The van der Waals surface area contributed by atoms with E-state index in [-0.39, 0.29) is 0 Å². The molecule has 0 saturated carbocycles. The van der Waals surface area contributed by atoms with E-state index in [1.54, 1.807) is 18.2 Å². The molecule has 0 atom stereocenters. The summed E-state index contributed by atoms with van der Waals surface area (Å²) >= 11 is 0. The maximum atomic E-state index is 11.2. The summed E-state index contributed by atoms with van der Waals surface area (Å²) in [6.07, 6.45) is 1.22. The van der Waals surface area contributed by atoms with Crippen LogP contribution < -0.4 is 16.8 Å². The molecule has 2 rings (SSSR count). The number of para-hydroxylation sites is 1. The minimum atomic E-state index is -0.548. The monoisotopic (exact) mass is 233 g/mol. The fourth-order valence-corrected chi connectivity index (χ4v) is 1.41. The van der Waals surface area contributed by atoms with Gasteiger partial charge in [-0.1, -0.05) is 11.2 Å². The number of amides is 1. The van der Waals surface area contributed by atoms with Crippen LogP contribution in [0, 0.1) is 0 Å². The second kappa shape index (κ2) is 4.52. The third kappa shape index (κ3) is 2.33. The van der Waals surface area contributed by atoms with Gasteiger partial charge in [0.15, 0.2) is 5.82 Å². The van der Waals surface area contributed by atoms with Gasteiger partial charge < -0.3 is 21.3 Å². The first kappa shape index (κ1) is 10.9. The molecule has 0 bridgehead atoms. The molecule has 0 aliphatic rings. The molecule has 0 fully saturated rings. The van der Waals surface area contributed by atoms with Gasteiger partial charge in [-0.3, -0.25) is 4.79 Å². The van der Waals surface area contributed by atoms with Crippen molar-refractivity contribution >= 4 is 17.3 Å². The zero-order valence-electron chi connectivity index (χ0n) is 8.88. The third-order valence-corrected chi connectivity index (χ3v) is 2.19. The summed E-state index contributed by atoms with van der Waals surface area (Å²) < 4.78 is 4.59. The highest BCUT2D eigenvalue weighted by atomic mass is 16.5. The lowest BCUT2D eigenvalue weighted by atomic mass is 10.1. The quantitative estimate of drug-likeness (QED) is 0.656. The van der Waals surface area contributed by atoms with Gasteiger partial charge >= 0.3 is 0 Å². The van der Waals surface area contributed by atoms with Crippen molar-refractivity contribution in [2.24, 2.45) is 5.73 Å². The lowest BCUT2D eigenvalue weighted by Crippen LogP contribution is -2.15. The van der Waals surface area contributed by atoms with E-state index < -0.39 is 5.91 Å². The molecule has 1 heterocycles. The van der Waals surface area contributed by atoms with Crippen LogP contribution in [0.1, 0.15) is 16.2 Å². The number of nitrogens with zero attached hydrogens (tertiary/aromatic N) is 2. The molecule has 0 spiro atoms. The average molecular weight is 233 g/mol. The van der Waals surface area contributed by atoms with E-state index in [4.69, 9.17) is 11.5 Å². The van der Waals surface area contributed by atoms with Crippen molar-refractivity contribution in [3.05, 3.63) is 36.0 Å². The van der Waals surface area contributed by atoms with E-state index in [2.05, 4.69) is 20.0 Å². The van der Waals surface area contributed by atoms with Crippen LogP contribution in [0.25, 0.3) is 0 Å². The Bertz CT molecular complexity index is 523. The number of aromatic nitrogens is 2. The molecule has 2 aromatic rings. The van der Waals surface area contributed by atoms with Gasteiger partial charge in [0.05, 0.1) is 23.5 Å². The van der Waals surface area contributed by atoms with Crippen molar-refractivity contribution in [2.45, 2.75) is 6.54 Å². The smallest absolute Gasteiger partial charge is 0.250 e. The second-order valence-corrected chi connectivity index (χ2v) is 3.34. The van der Waals surface area contributed by atoms with Gasteiger partial charge in [-0.15, -0.1) is 0 Å². The maximum absolute atomic E-state index is 11.2. The molecule has 1 amide bonds. The minimum absolute atomic E-state index is 0.297. The van der Waals surface area contributed by atoms with Gasteiger partial charge in [0, 0.05) is 0 Å². The van der Waals surface area contributed by atoms with Gasteiger partial charge in [0.2, 0.25) is 6.39 Å². The summed E-state index contributed by atoms with van der Waals surface area (Å²) in [4.78, 5) is 15.1. The van der Waals surface area contributed by atoms with Crippen molar-refractivity contribution in [1.29, 1.82) is 0 Å². The van der Waals surface area contributed by atoms with Gasteiger partial charge in [-0.05, 0) is 12.1 Å². The molecule has 88 valence electrons. The Kier molecular flexibility index (Phi) is 2.91. The molecular weight excluding hydrogens is 222 g/mol. The van der Waals surface area contributed by atoms with E-state index in [1.165, 1.54) is 6.39 Å². The van der Waals surface area contributed by atoms with Crippen molar-refractivity contribution in [2.75, 3.05) is 11.1 Å². The van der Waals surface area contributed by atoms with Crippen LogP contribution >= 0.6 is 0 Å². The number of nitrogens with one attached hydrogen (secondary N) is 1. The first-order valence-electron chi connectivity index (χ1n) is 4.86. The molecule has 0 radical (unpaired) electrons. The van der Waals surface area contributed by atoms with E-state index in [0.29, 0.717) is 29.3 Å². The lowest BCUT2D eigenvalue weighted by molar-refractivity contribution is 0.100. The van der Waals surface area contributed by atoms with Crippen molar-refractivity contribution in [3.63, 3.8) is 0 Å². The molecule has 0 saturated heterocycles. The largest absolute Gasteiger partial charge is 0.397 e. The Morgan fingerprint density at radius 3 is 2.94 bits per heavy atom. The minimum Gasteiger partial charge on any atom is -0.397 e. The number of nitrogen functional groups attached to an aromatic ring is 1. The number of primary amides is 1. The van der Waals surface area contributed by atoms with Crippen LogP contribution in [0.2, 0.25) is 0 Å². The van der Waals surface area contributed by atoms with Crippen LogP contribution in [-0.4, -0.2) is 16.0 Å². The highest BCUT2D eigenvalue weighted by Gasteiger charge is 2.11. The standard InChI is InChI=1S/C10H11N5O2/c11-7-3-1-2-6(10(12)16)9(7)13-4-8-14-5-17-15-8/h1-3,5,13H,4,11H2,(H2,12,16). The zero-order chi connectivity index (χ0) is 12.3. The third-order valence-electron chi connectivity index (χ3n) is 2.19. The van der Waals surface area contributed by atoms with Gasteiger partial charge in [0.25, 0.3) is 5.91 Å². The fourth-order valence-electron chi connectivity index (χ4n) is 1.41. The van der Waals surface area contributed by atoms with E-state index >= 15 is 0 Å². The molecule has 0 aliphatic carbocycles. The number of anilines is 2. The molecule has 1 aromatic heterocycles. The molecular formula is C10H11N5O2. The second-order valence-electron chi connectivity index (χ2n) is 3.34. The van der Waals surface area contributed by atoms with Gasteiger partial charge in [0.1, 0.15) is 0 Å². The molecule has 5 N–H and O–H groups in total. The number of nitrogens with two attached hydrogens (primary N) is 2. The number of hydrogen-bond acceptors (Lipinski definition) is 6. The van der Waals surface area contributed by atoms with Gasteiger partial charge in [-0.25, -0.2) is 0 Å². The Labute approximate surface area is 96.8 Å². The highest BCUT2D eigenvalue weighted by molar-refractivity contribution is 6.01. The summed E-state index contributed by atoms with van der Waals surface area (Å²) in [6, 6.07) is 4.93. The van der Waals surface area contributed by atoms with Crippen LogP contribution in [0.5, 0.6) is 0 Å². The molecule has 17 heavy (non-hydrogen) atoms. The summed E-state index contributed by atoms with van der Waals surface area (Å²) in [7, 11) is 0. The Morgan fingerprint density at radius 1 is 1.47 bits per heavy atom. The molecule has 0 aliphatic heterocycles. The topological polar surface area (TPSA) is 120 Å². The van der Waals surface area contributed by atoms with E-state index in [1.807, 2.05) is 0 Å². The lowest BCUT2D eigenvalue weighted by Gasteiger charge is -2.10. The van der Waals surface area contributed by atoms with Crippen LogP contribution in [-0.2, 0) is 6.54 Å².